The van der Waals surface area contributed by atoms with Crippen LogP contribution in [-0.2, 0) is 0 Å². The van der Waals surface area contributed by atoms with Gasteiger partial charge in [-0.15, -0.1) is 0 Å². The molecular weight excluding hydrogens is 267 g/mol. The lowest BCUT2D eigenvalue weighted by Gasteiger charge is -2.18. The van der Waals surface area contributed by atoms with Crippen LogP contribution in [0.15, 0.2) is 42.7 Å². The molecule has 0 radical (unpaired) electrons. The smallest absolute Gasteiger partial charge is 0.310 e. The highest BCUT2D eigenvalue weighted by Gasteiger charge is 2.32. The molecule has 1 aromatic carbocycles. The van der Waals surface area contributed by atoms with Gasteiger partial charge in [-0.2, -0.15) is 18.3 Å². The van der Waals surface area contributed by atoms with Crippen LogP contribution in [0.1, 0.15) is 24.9 Å². The Morgan fingerprint density at radius 2 is 1.95 bits per heavy atom. The molecule has 0 saturated carbocycles. The number of hydrogen-bond acceptors (Lipinski definition) is 2. The molecule has 2 aromatic rings. The first kappa shape index (κ1) is 14.6. The number of halogens is 3. The first-order valence-electron chi connectivity index (χ1n) is 6.39. The van der Waals surface area contributed by atoms with Gasteiger partial charge in [-0.3, -0.25) is 0 Å². The van der Waals surface area contributed by atoms with E-state index < -0.39 is 18.6 Å². The van der Waals surface area contributed by atoms with Gasteiger partial charge in [0.25, 0.3) is 0 Å². The van der Waals surface area contributed by atoms with Crippen molar-refractivity contribution in [2.24, 2.45) is 0 Å². The Labute approximate surface area is 115 Å². The predicted octanol–water partition coefficient (Wildman–Crippen LogP) is 3.48. The van der Waals surface area contributed by atoms with Gasteiger partial charge in [-0.1, -0.05) is 25.1 Å². The molecule has 0 aliphatic carbocycles. The molecule has 0 amide bonds. The SMILES string of the molecule is CCNC(CC(F)(F)F)c1cnn(-c2ccccc2)c1. The highest BCUT2D eigenvalue weighted by Crippen LogP contribution is 2.29. The molecular formula is C14H16F3N3. The normalized spacial score (nSPS) is 13.4. The number of benzene rings is 1. The molecule has 1 N–H and O–H groups in total. The number of para-hydroxylation sites is 1. The van der Waals surface area contributed by atoms with Gasteiger partial charge in [0.15, 0.2) is 0 Å². The van der Waals surface area contributed by atoms with Gasteiger partial charge >= 0.3 is 6.18 Å². The minimum Gasteiger partial charge on any atom is -0.310 e. The molecule has 1 atom stereocenters. The number of rotatable bonds is 5. The lowest BCUT2D eigenvalue weighted by Crippen LogP contribution is -2.26. The number of nitrogens with zero attached hydrogens (tertiary/aromatic N) is 2. The van der Waals surface area contributed by atoms with Crippen molar-refractivity contribution in [3.8, 4) is 5.69 Å². The van der Waals surface area contributed by atoms with E-state index in [4.69, 9.17) is 0 Å². The van der Waals surface area contributed by atoms with Crippen LogP contribution in [-0.4, -0.2) is 22.5 Å². The molecule has 3 nitrogen and oxygen atoms in total. The minimum atomic E-state index is -4.21. The molecule has 0 spiro atoms. The van der Waals surface area contributed by atoms with Crippen molar-refractivity contribution in [1.29, 1.82) is 0 Å². The Morgan fingerprint density at radius 3 is 2.55 bits per heavy atom. The van der Waals surface area contributed by atoms with Gasteiger partial charge in [0.2, 0.25) is 0 Å². The van der Waals surface area contributed by atoms with E-state index in [1.165, 1.54) is 6.20 Å². The predicted molar refractivity (Wildman–Crippen MR) is 70.7 cm³/mol. The molecule has 1 aromatic heterocycles. The van der Waals surface area contributed by atoms with Gasteiger partial charge < -0.3 is 5.32 Å². The molecule has 0 saturated heterocycles. The summed E-state index contributed by atoms with van der Waals surface area (Å²) in [6, 6.07) is 8.52. The molecule has 1 heterocycles. The van der Waals surface area contributed by atoms with E-state index in [1.54, 1.807) is 17.8 Å². The van der Waals surface area contributed by atoms with Crippen LogP contribution in [0.2, 0.25) is 0 Å². The molecule has 20 heavy (non-hydrogen) atoms. The lowest BCUT2D eigenvalue weighted by molar-refractivity contribution is -0.140. The zero-order valence-corrected chi connectivity index (χ0v) is 11.1. The van der Waals surface area contributed by atoms with Crippen molar-refractivity contribution >= 4 is 0 Å². The molecule has 6 heteroatoms. The Bertz CT molecular complexity index is 534. The quantitative estimate of drug-likeness (QED) is 0.910. The molecule has 0 bridgehead atoms. The zero-order valence-electron chi connectivity index (χ0n) is 11.1. The van der Waals surface area contributed by atoms with Crippen molar-refractivity contribution in [3.63, 3.8) is 0 Å². The Hall–Kier alpha value is -1.82. The highest BCUT2D eigenvalue weighted by molar-refractivity contribution is 5.31. The molecule has 2 rings (SSSR count). The summed E-state index contributed by atoms with van der Waals surface area (Å²) in [6.07, 6.45) is -2.00. The largest absolute Gasteiger partial charge is 0.390 e. The third-order valence-corrected chi connectivity index (χ3v) is 2.91. The molecule has 108 valence electrons. The maximum atomic E-state index is 12.6. The van der Waals surface area contributed by atoms with Crippen molar-refractivity contribution < 1.29 is 13.2 Å². The Balaban J connectivity index is 2.21. The maximum absolute atomic E-state index is 12.6. The lowest BCUT2D eigenvalue weighted by atomic mass is 10.1. The fraction of sp³-hybridized carbons (Fsp3) is 0.357. The fourth-order valence-corrected chi connectivity index (χ4v) is 2.02. The number of hydrogen-bond donors (Lipinski definition) is 1. The van der Waals surface area contributed by atoms with Crippen LogP contribution in [0.3, 0.4) is 0 Å². The summed E-state index contributed by atoms with van der Waals surface area (Å²) in [5.74, 6) is 0. The monoisotopic (exact) mass is 283 g/mol. The summed E-state index contributed by atoms with van der Waals surface area (Å²) in [6.45, 7) is 2.25. The van der Waals surface area contributed by atoms with Crippen LogP contribution >= 0.6 is 0 Å². The Kier molecular flexibility index (Phi) is 4.44. The van der Waals surface area contributed by atoms with E-state index >= 15 is 0 Å². The second kappa shape index (κ2) is 6.09. The standard InChI is InChI=1S/C14H16F3N3/c1-2-18-13(8-14(15,16)17)11-9-19-20(10-11)12-6-4-3-5-7-12/h3-7,9-10,13,18H,2,8H2,1H3. The van der Waals surface area contributed by atoms with Crippen LogP contribution in [0.25, 0.3) is 5.69 Å². The van der Waals surface area contributed by atoms with Gasteiger partial charge in [0, 0.05) is 17.8 Å². The molecule has 0 fully saturated rings. The number of alkyl halides is 3. The first-order chi connectivity index (χ1) is 9.49. The van der Waals surface area contributed by atoms with Crippen LogP contribution < -0.4 is 5.32 Å². The maximum Gasteiger partial charge on any atom is 0.390 e. The van der Waals surface area contributed by atoms with Crippen molar-refractivity contribution in [2.75, 3.05) is 6.54 Å². The topological polar surface area (TPSA) is 29.9 Å². The average molecular weight is 283 g/mol. The first-order valence-corrected chi connectivity index (χ1v) is 6.39. The summed E-state index contributed by atoms with van der Waals surface area (Å²) in [4.78, 5) is 0. The van der Waals surface area contributed by atoms with Gasteiger partial charge in [-0.05, 0) is 18.7 Å². The van der Waals surface area contributed by atoms with E-state index in [0.29, 0.717) is 12.1 Å². The second-order valence-corrected chi connectivity index (χ2v) is 4.48. The Morgan fingerprint density at radius 1 is 1.25 bits per heavy atom. The van der Waals surface area contributed by atoms with Crippen molar-refractivity contribution in [1.82, 2.24) is 15.1 Å². The van der Waals surface area contributed by atoms with Crippen LogP contribution in [0, 0.1) is 0 Å². The van der Waals surface area contributed by atoms with Crippen LogP contribution in [0.5, 0.6) is 0 Å². The highest BCUT2D eigenvalue weighted by atomic mass is 19.4. The second-order valence-electron chi connectivity index (χ2n) is 4.48. The average Bonchev–Trinajstić information content (AvgIpc) is 2.87. The third kappa shape index (κ3) is 3.84. The van der Waals surface area contributed by atoms with E-state index in [9.17, 15) is 13.2 Å². The van der Waals surface area contributed by atoms with E-state index in [1.807, 2.05) is 30.3 Å². The van der Waals surface area contributed by atoms with E-state index in [-0.39, 0.29) is 0 Å². The number of aromatic nitrogens is 2. The fourth-order valence-electron chi connectivity index (χ4n) is 2.02. The summed E-state index contributed by atoms with van der Waals surface area (Å²) in [5, 5.41) is 6.98. The zero-order chi connectivity index (χ0) is 14.6. The molecule has 0 aliphatic rings. The van der Waals surface area contributed by atoms with Gasteiger partial charge in [-0.25, -0.2) is 4.68 Å². The van der Waals surface area contributed by atoms with Crippen LogP contribution in [0.4, 0.5) is 13.2 Å². The third-order valence-electron chi connectivity index (χ3n) is 2.91. The van der Waals surface area contributed by atoms with Crippen molar-refractivity contribution in [3.05, 3.63) is 48.3 Å². The summed E-state index contributed by atoms with van der Waals surface area (Å²) in [5.41, 5.74) is 1.36. The minimum absolute atomic E-state index is 0.470. The summed E-state index contributed by atoms with van der Waals surface area (Å²) in [7, 11) is 0. The van der Waals surface area contributed by atoms with E-state index in [0.717, 1.165) is 5.69 Å². The van der Waals surface area contributed by atoms with Gasteiger partial charge in [0.1, 0.15) is 0 Å². The summed E-state index contributed by atoms with van der Waals surface area (Å²) >= 11 is 0. The number of nitrogens with one attached hydrogen (secondary N) is 1. The van der Waals surface area contributed by atoms with Crippen molar-refractivity contribution in [2.45, 2.75) is 25.6 Å². The molecule has 0 aliphatic heterocycles. The molecule has 1 unspecified atom stereocenters. The summed E-state index contributed by atoms with van der Waals surface area (Å²) < 4.78 is 39.3. The van der Waals surface area contributed by atoms with Gasteiger partial charge in [0.05, 0.1) is 18.3 Å². The van der Waals surface area contributed by atoms with E-state index in [2.05, 4.69) is 10.4 Å².